The molecule has 0 saturated heterocycles. The second kappa shape index (κ2) is 12.7. The van der Waals surface area contributed by atoms with Crippen molar-refractivity contribution in [2.24, 2.45) is 0 Å². The number of rotatable bonds is 12. The molecule has 0 unspecified atom stereocenters. The van der Waals surface area contributed by atoms with Gasteiger partial charge in [0, 0.05) is 22.1 Å². The summed E-state index contributed by atoms with van der Waals surface area (Å²) >= 11 is 3.49. The van der Waals surface area contributed by atoms with E-state index in [-0.39, 0.29) is 0 Å². The van der Waals surface area contributed by atoms with Gasteiger partial charge in [-0.1, -0.05) is 15.9 Å². The Kier molecular flexibility index (Phi) is 9.11. The van der Waals surface area contributed by atoms with Crippen LogP contribution in [0.25, 0.3) is 28.2 Å². The average Bonchev–Trinajstić information content (AvgIpc) is 3.37. The smallest absolute Gasteiger partial charge is 0.341 e. The lowest BCUT2D eigenvalue weighted by atomic mass is 10.1. The van der Waals surface area contributed by atoms with Gasteiger partial charge in [-0.2, -0.15) is 5.10 Å². The normalized spacial score (nSPS) is 10.9. The standard InChI is InChI=1S/C29H30BrN3O6/c1-32(2)13-14-38-27-11-5-19(15-28(27)37-4)25-17-24(31-33(25)21-8-6-20(30)7-9-21)23-16-22(36-3)10-12-26(23)39-18-29(34)35/h5-12,15-17H,13-14,18H2,1-4H3,(H,34,35). The number of carboxylic acids is 1. The Morgan fingerprint density at radius 3 is 2.33 bits per heavy atom. The van der Waals surface area contributed by atoms with Crippen molar-refractivity contribution in [3.05, 3.63) is 71.2 Å². The third kappa shape index (κ3) is 6.90. The predicted molar refractivity (Wildman–Crippen MR) is 152 cm³/mol. The second-order valence-corrected chi connectivity index (χ2v) is 9.78. The Labute approximate surface area is 235 Å². The highest BCUT2D eigenvalue weighted by atomic mass is 79.9. The predicted octanol–water partition coefficient (Wildman–Crippen LogP) is 5.39. The van der Waals surface area contributed by atoms with Gasteiger partial charge < -0.3 is 29.0 Å². The van der Waals surface area contributed by atoms with Crippen LogP contribution >= 0.6 is 15.9 Å². The van der Waals surface area contributed by atoms with Gasteiger partial charge in [-0.05, 0) is 80.8 Å². The van der Waals surface area contributed by atoms with Crippen LogP contribution in [0.2, 0.25) is 0 Å². The number of methoxy groups -OCH3 is 2. The Bertz CT molecular complexity index is 1440. The highest BCUT2D eigenvalue weighted by molar-refractivity contribution is 9.10. The number of carboxylic acid groups (broad SMARTS) is 1. The van der Waals surface area contributed by atoms with Crippen LogP contribution in [0, 0.1) is 0 Å². The van der Waals surface area contributed by atoms with E-state index in [2.05, 4.69) is 15.9 Å². The van der Waals surface area contributed by atoms with E-state index in [9.17, 15) is 4.79 Å². The van der Waals surface area contributed by atoms with Gasteiger partial charge in [-0.15, -0.1) is 0 Å². The highest BCUT2D eigenvalue weighted by Crippen LogP contribution is 2.38. The van der Waals surface area contributed by atoms with Crippen LogP contribution in [0.3, 0.4) is 0 Å². The number of benzene rings is 3. The molecule has 4 aromatic rings. The van der Waals surface area contributed by atoms with Gasteiger partial charge in [0.1, 0.15) is 18.1 Å². The van der Waals surface area contributed by atoms with Crippen molar-refractivity contribution >= 4 is 21.9 Å². The monoisotopic (exact) mass is 595 g/mol. The fourth-order valence-corrected chi connectivity index (χ4v) is 4.15. The van der Waals surface area contributed by atoms with Crippen LogP contribution in [0.4, 0.5) is 0 Å². The zero-order chi connectivity index (χ0) is 27.9. The van der Waals surface area contributed by atoms with Crippen molar-refractivity contribution in [2.45, 2.75) is 0 Å². The first kappa shape index (κ1) is 28.0. The number of hydrogen-bond acceptors (Lipinski definition) is 7. The van der Waals surface area contributed by atoms with Crippen LogP contribution < -0.4 is 18.9 Å². The summed E-state index contributed by atoms with van der Waals surface area (Å²) in [6.45, 7) is 0.822. The van der Waals surface area contributed by atoms with E-state index in [1.165, 1.54) is 0 Å². The Balaban J connectivity index is 1.83. The van der Waals surface area contributed by atoms with E-state index in [1.54, 1.807) is 32.4 Å². The number of halogens is 1. The summed E-state index contributed by atoms with van der Waals surface area (Å²) in [5.74, 6) is 1.15. The van der Waals surface area contributed by atoms with Gasteiger partial charge in [-0.25, -0.2) is 9.48 Å². The number of carbonyl (C=O) groups is 1. The number of aromatic nitrogens is 2. The topological polar surface area (TPSA) is 95.3 Å². The maximum absolute atomic E-state index is 11.2. The molecule has 0 aliphatic carbocycles. The van der Waals surface area contributed by atoms with Gasteiger partial charge >= 0.3 is 5.97 Å². The maximum atomic E-state index is 11.2. The average molecular weight is 596 g/mol. The third-order valence-corrected chi connectivity index (χ3v) is 6.38. The minimum atomic E-state index is -1.07. The lowest BCUT2D eigenvalue weighted by Gasteiger charge is -2.15. The van der Waals surface area contributed by atoms with Gasteiger partial charge in [0.25, 0.3) is 0 Å². The number of ether oxygens (including phenoxy) is 4. The fourth-order valence-electron chi connectivity index (χ4n) is 3.88. The molecular formula is C29H30BrN3O6. The zero-order valence-electron chi connectivity index (χ0n) is 22.2. The highest BCUT2D eigenvalue weighted by Gasteiger charge is 2.19. The Morgan fingerprint density at radius 2 is 1.67 bits per heavy atom. The van der Waals surface area contributed by atoms with Crippen LogP contribution in [0.1, 0.15) is 0 Å². The third-order valence-electron chi connectivity index (χ3n) is 5.85. The molecule has 0 amide bonds. The van der Waals surface area contributed by atoms with Gasteiger partial charge in [0.15, 0.2) is 18.1 Å². The van der Waals surface area contributed by atoms with Crippen molar-refractivity contribution in [2.75, 3.05) is 48.1 Å². The van der Waals surface area contributed by atoms with Gasteiger partial charge in [-0.3, -0.25) is 0 Å². The lowest BCUT2D eigenvalue weighted by Crippen LogP contribution is -2.19. The molecule has 0 bridgehead atoms. The minimum absolute atomic E-state index is 0.382. The van der Waals surface area contributed by atoms with E-state index < -0.39 is 12.6 Å². The summed E-state index contributed by atoms with van der Waals surface area (Å²) in [6, 6.07) is 20.6. The number of hydrogen-bond donors (Lipinski definition) is 1. The van der Waals surface area contributed by atoms with Crippen LogP contribution in [-0.2, 0) is 4.79 Å². The van der Waals surface area contributed by atoms with Crippen molar-refractivity contribution < 1.29 is 28.8 Å². The summed E-state index contributed by atoms with van der Waals surface area (Å²) in [5.41, 5.74) is 3.66. The van der Waals surface area contributed by atoms with Crippen LogP contribution in [-0.4, -0.2) is 73.8 Å². The van der Waals surface area contributed by atoms with Gasteiger partial charge in [0.05, 0.1) is 31.3 Å². The molecule has 10 heteroatoms. The van der Waals surface area contributed by atoms with Crippen molar-refractivity contribution in [3.8, 4) is 51.2 Å². The van der Waals surface area contributed by atoms with Crippen molar-refractivity contribution in [1.29, 1.82) is 0 Å². The van der Waals surface area contributed by atoms with Gasteiger partial charge in [0.2, 0.25) is 0 Å². The first-order valence-corrected chi connectivity index (χ1v) is 12.9. The van der Waals surface area contributed by atoms with E-state index in [0.29, 0.717) is 40.9 Å². The molecule has 0 spiro atoms. The second-order valence-electron chi connectivity index (χ2n) is 8.86. The molecule has 0 radical (unpaired) electrons. The van der Waals surface area contributed by atoms with Crippen LogP contribution in [0.5, 0.6) is 23.0 Å². The number of aliphatic carboxylic acids is 1. The molecule has 3 aromatic carbocycles. The summed E-state index contributed by atoms with van der Waals surface area (Å²) in [7, 11) is 7.16. The minimum Gasteiger partial charge on any atom is -0.497 e. The zero-order valence-corrected chi connectivity index (χ0v) is 23.8. The molecular weight excluding hydrogens is 566 g/mol. The molecule has 9 nitrogen and oxygen atoms in total. The van der Waals surface area contributed by atoms with Crippen molar-refractivity contribution in [3.63, 3.8) is 0 Å². The van der Waals surface area contributed by atoms with E-state index in [1.807, 2.05) is 72.2 Å². The molecule has 1 aromatic heterocycles. The lowest BCUT2D eigenvalue weighted by molar-refractivity contribution is -0.139. The number of nitrogens with zero attached hydrogens (tertiary/aromatic N) is 3. The quantitative estimate of drug-likeness (QED) is 0.233. The van der Waals surface area contributed by atoms with Crippen molar-refractivity contribution in [1.82, 2.24) is 14.7 Å². The molecule has 0 fully saturated rings. The molecule has 0 saturated carbocycles. The maximum Gasteiger partial charge on any atom is 0.341 e. The summed E-state index contributed by atoms with van der Waals surface area (Å²) in [5, 5.41) is 14.1. The van der Waals surface area contributed by atoms with E-state index >= 15 is 0 Å². The SMILES string of the molecule is COc1ccc(OCC(=O)O)c(-c2cc(-c3ccc(OCCN(C)C)c(OC)c3)n(-c3ccc(Br)cc3)n2)c1. The first-order valence-electron chi connectivity index (χ1n) is 12.1. The molecule has 1 heterocycles. The van der Waals surface area contributed by atoms with E-state index in [4.69, 9.17) is 29.2 Å². The molecule has 0 aliphatic heterocycles. The van der Waals surface area contributed by atoms with Crippen LogP contribution in [0.15, 0.2) is 71.2 Å². The molecule has 0 atom stereocenters. The summed E-state index contributed by atoms with van der Waals surface area (Å²) in [4.78, 5) is 13.2. The summed E-state index contributed by atoms with van der Waals surface area (Å²) in [6.07, 6.45) is 0. The Hall–Kier alpha value is -4.02. The molecule has 0 aliphatic rings. The Morgan fingerprint density at radius 1 is 0.923 bits per heavy atom. The molecule has 39 heavy (non-hydrogen) atoms. The molecule has 1 N–H and O–H groups in total. The fraction of sp³-hybridized carbons (Fsp3) is 0.241. The first-order chi connectivity index (χ1) is 18.8. The largest absolute Gasteiger partial charge is 0.497 e. The molecule has 4 rings (SSSR count). The summed E-state index contributed by atoms with van der Waals surface area (Å²) < 4.78 is 25.4. The van der Waals surface area contributed by atoms with E-state index in [0.717, 1.165) is 28.0 Å². The molecule has 204 valence electrons. The number of likely N-dealkylation sites (N-methyl/N-ethyl adjacent to an activating group) is 1.